The second kappa shape index (κ2) is 6.49. The molecule has 0 amide bonds. The van der Waals surface area contributed by atoms with Crippen molar-refractivity contribution in [1.82, 2.24) is 9.88 Å². The molecule has 19 heavy (non-hydrogen) atoms. The molecule has 2 heterocycles. The van der Waals surface area contributed by atoms with Crippen molar-refractivity contribution in [2.75, 3.05) is 13.1 Å². The summed E-state index contributed by atoms with van der Waals surface area (Å²) in [5, 5.41) is 0. The van der Waals surface area contributed by atoms with Gasteiger partial charge in [-0.3, -0.25) is 9.88 Å². The molecule has 4 unspecified atom stereocenters. The number of nitrogens with two attached hydrogens (primary N) is 1. The maximum Gasteiger partial charge on any atom is 0.0500 e. The van der Waals surface area contributed by atoms with Crippen LogP contribution in [0.2, 0.25) is 0 Å². The van der Waals surface area contributed by atoms with Crippen LogP contribution in [0.5, 0.6) is 0 Å². The van der Waals surface area contributed by atoms with E-state index in [0.29, 0.717) is 6.04 Å². The quantitative estimate of drug-likeness (QED) is 0.906. The molecule has 0 saturated carbocycles. The first-order chi connectivity index (χ1) is 9.11. The highest BCUT2D eigenvalue weighted by Crippen LogP contribution is 2.31. The van der Waals surface area contributed by atoms with Gasteiger partial charge in [-0.25, -0.2) is 0 Å². The van der Waals surface area contributed by atoms with Crippen LogP contribution in [0.15, 0.2) is 24.5 Å². The minimum atomic E-state index is 0.194. The van der Waals surface area contributed by atoms with Crippen molar-refractivity contribution < 1.29 is 0 Å². The number of aromatic nitrogens is 1. The molecule has 1 fully saturated rings. The summed E-state index contributed by atoms with van der Waals surface area (Å²) < 4.78 is 0. The maximum absolute atomic E-state index is 6.41. The standard InChI is InChI=1S/C16H27N3/c1-4-15(17)16(14-5-7-18-8-6-14)19-10-12(2)9-13(3)11-19/h5-8,12-13,15-16H,4,9-11,17H2,1-3H3. The van der Waals surface area contributed by atoms with Crippen molar-refractivity contribution in [3.8, 4) is 0 Å². The Kier molecular flexibility index (Phi) is 4.94. The van der Waals surface area contributed by atoms with E-state index in [1.54, 1.807) is 0 Å². The van der Waals surface area contributed by atoms with Gasteiger partial charge in [0.25, 0.3) is 0 Å². The molecule has 0 aromatic carbocycles. The SMILES string of the molecule is CCC(N)C(c1ccncc1)N1CC(C)CC(C)C1. The Labute approximate surface area is 117 Å². The zero-order valence-electron chi connectivity index (χ0n) is 12.4. The lowest BCUT2D eigenvalue weighted by atomic mass is 9.87. The molecule has 0 radical (unpaired) electrons. The van der Waals surface area contributed by atoms with Crippen LogP contribution < -0.4 is 5.73 Å². The average Bonchev–Trinajstić information content (AvgIpc) is 2.39. The Morgan fingerprint density at radius 1 is 1.26 bits per heavy atom. The van der Waals surface area contributed by atoms with E-state index in [-0.39, 0.29) is 6.04 Å². The molecule has 2 rings (SSSR count). The fraction of sp³-hybridized carbons (Fsp3) is 0.688. The summed E-state index contributed by atoms with van der Waals surface area (Å²) in [6.07, 6.45) is 6.09. The first kappa shape index (κ1) is 14.5. The summed E-state index contributed by atoms with van der Waals surface area (Å²) in [6.45, 7) is 9.19. The molecule has 1 aromatic rings. The zero-order chi connectivity index (χ0) is 13.8. The third-order valence-corrected chi connectivity index (χ3v) is 4.22. The van der Waals surface area contributed by atoms with Gasteiger partial charge < -0.3 is 5.73 Å². The summed E-state index contributed by atoms with van der Waals surface area (Å²) in [5.41, 5.74) is 7.72. The largest absolute Gasteiger partial charge is 0.326 e. The molecule has 1 saturated heterocycles. The Hall–Kier alpha value is -0.930. The zero-order valence-corrected chi connectivity index (χ0v) is 12.4. The molecule has 1 aliphatic rings. The van der Waals surface area contributed by atoms with E-state index in [1.165, 1.54) is 12.0 Å². The summed E-state index contributed by atoms with van der Waals surface area (Å²) in [4.78, 5) is 6.71. The minimum absolute atomic E-state index is 0.194. The monoisotopic (exact) mass is 261 g/mol. The Bertz CT molecular complexity index is 369. The van der Waals surface area contributed by atoms with Gasteiger partial charge in [-0.2, -0.15) is 0 Å². The molecule has 1 aliphatic heterocycles. The van der Waals surface area contributed by atoms with Crippen molar-refractivity contribution in [3.63, 3.8) is 0 Å². The van der Waals surface area contributed by atoms with Gasteiger partial charge in [-0.05, 0) is 42.4 Å². The van der Waals surface area contributed by atoms with Crippen LogP contribution in [0.1, 0.15) is 45.2 Å². The fourth-order valence-electron chi connectivity index (χ4n) is 3.45. The van der Waals surface area contributed by atoms with Gasteiger partial charge in [0.05, 0.1) is 0 Å². The number of nitrogens with zero attached hydrogens (tertiary/aromatic N) is 2. The van der Waals surface area contributed by atoms with Gasteiger partial charge in [0, 0.05) is 37.6 Å². The van der Waals surface area contributed by atoms with Gasteiger partial charge in [-0.15, -0.1) is 0 Å². The highest BCUT2D eigenvalue weighted by molar-refractivity contribution is 5.17. The number of piperidine rings is 1. The molecule has 0 aliphatic carbocycles. The van der Waals surface area contributed by atoms with Gasteiger partial charge >= 0.3 is 0 Å². The van der Waals surface area contributed by atoms with Crippen LogP contribution in [-0.2, 0) is 0 Å². The van der Waals surface area contributed by atoms with Crippen LogP contribution in [0, 0.1) is 11.8 Å². The summed E-state index contributed by atoms with van der Waals surface area (Å²) in [6, 6.07) is 4.76. The molecule has 4 atom stereocenters. The predicted molar refractivity (Wildman–Crippen MR) is 79.8 cm³/mol. The number of likely N-dealkylation sites (tertiary alicyclic amines) is 1. The lowest BCUT2D eigenvalue weighted by Crippen LogP contribution is -2.47. The van der Waals surface area contributed by atoms with Crippen molar-refractivity contribution in [3.05, 3.63) is 30.1 Å². The van der Waals surface area contributed by atoms with E-state index in [1.807, 2.05) is 12.4 Å². The van der Waals surface area contributed by atoms with Gasteiger partial charge in [0.1, 0.15) is 0 Å². The van der Waals surface area contributed by atoms with E-state index in [9.17, 15) is 0 Å². The van der Waals surface area contributed by atoms with Crippen molar-refractivity contribution in [1.29, 1.82) is 0 Å². The normalized spacial score (nSPS) is 28.0. The summed E-state index contributed by atoms with van der Waals surface area (Å²) in [7, 11) is 0. The third kappa shape index (κ3) is 3.54. The number of pyridine rings is 1. The maximum atomic E-state index is 6.41. The molecule has 0 bridgehead atoms. The van der Waals surface area contributed by atoms with Crippen LogP contribution in [0.4, 0.5) is 0 Å². The van der Waals surface area contributed by atoms with Gasteiger partial charge in [0.15, 0.2) is 0 Å². The average molecular weight is 261 g/mol. The molecule has 3 nitrogen and oxygen atoms in total. The first-order valence-electron chi connectivity index (χ1n) is 7.51. The first-order valence-corrected chi connectivity index (χ1v) is 7.51. The molecule has 106 valence electrons. The molecule has 3 heteroatoms. The predicted octanol–water partition coefficient (Wildman–Crippen LogP) is 2.84. The Morgan fingerprint density at radius 2 is 1.84 bits per heavy atom. The smallest absolute Gasteiger partial charge is 0.0500 e. The highest BCUT2D eigenvalue weighted by Gasteiger charge is 2.31. The van der Waals surface area contributed by atoms with Crippen LogP contribution in [0.3, 0.4) is 0 Å². The van der Waals surface area contributed by atoms with Crippen LogP contribution in [0.25, 0.3) is 0 Å². The lowest BCUT2D eigenvalue weighted by molar-refractivity contribution is 0.0810. The van der Waals surface area contributed by atoms with E-state index >= 15 is 0 Å². The second-order valence-electron chi connectivity index (χ2n) is 6.20. The number of hydrogen-bond donors (Lipinski definition) is 1. The molecule has 2 N–H and O–H groups in total. The van der Waals surface area contributed by atoms with Crippen molar-refractivity contribution in [2.24, 2.45) is 17.6 Å². The fourth-order valence-corrected chi connectivity index (χ4v) is 3.45. The minimum Gasteiger partial charge on any atom is -0.326 e. The lowest BCUT2D eigenvalue weighted by Gasteiger charge is -2.42. The van der Waals surface area contributed by atoms with E-state index < -0.39 is 0 Å². The Balaban J connectivity index is 2.23. The number of rotatable bonds is 4. The molecule has 1 aromatic heterocycles. The van der Waals surface area contributed by atoms with E-state index in [2.05, 4.69) is 42.8 Å². The van der Waals surface area contributed by atoms with Crippen LogP contribution >= 0.6 is 0 Å². The van der Waals surface area contributed by atoms with E-state index in [4.69, 9.17) is 5.73 Å². The summed E-state index contributed by atoms with van der Waals surface area (Å²) in [5.74, 6) is 1.52. The van der Waals surface area contributed by atoms with Gasteiger partial charge in [0.2, 0.25) is 0 Å². The van der Waals surface area contributed by atoms with Crippen molar-refractivity contribution >= 4 is 0 Å². The highest BCUT2D eigenvalue weighted by atomic mass is 15.2. The molecular weight excluding hydrogens is 234 g/mol. The summed E-state index contributed by atoms with van der Waals surface area (Å²) >= 11 is 0. The second-order valence-corrected chi connectivity index (χ2v) is 6.20. The van der Waals surface area contributed by atoms with Crippen molar-refractivity contribution in [2.45, 2.75) is 45.7 Å². The Morgan fingerprint density at radius 3 is 2.37 bits per heavy atom. The molecule has 0 spiro atoms. The molecular formula is C16H27N3. The number of hydrogen-bond acceptors (Lipinski definition) is 3. The van der Waals surface area contributed by atoms with Crippen LogP contribution in [-0.4, -0.2) is 29.0 Å². The van der Waals surface area contributed by atoms with E-state index in [0.717, 1.165) is 31.3 Å². The third-order valence-electron chi connectivity index (χ3n) is 4.22. The van der Waals surface area contributed by atoms with Gasteiger partial charge in [-0.1, -0.05) is 20.8 Å². The topological polar surface area (TPSA) is 42.1 Å².